The molecule has 3 aromatic rings. The molecule has 0 radical (unpaired) electrons. The molecule has 3 aromatic carbocycles. The predicted molar refractivity (Wildman–Crippen MR) is 144 cm³/mol. The van der Waals surface area contributed by atoms with Gasteiger partial charge >= 0.3 is 0 Å². The second kappa shape index (κ2) is 10.3. The minimum atomic E-state index is -1.22. The van der Waals surface area contributed by atoms with Crippen molar-refractivity contribution in [3.8, 4) is 23.0 Å². The number of ether oxygens (including phenoxy) is 3. The van der Waals surface area contributed by atoms with E-state index in [9.17, 15) is 14.7 Å². The Hall–Kier alpha value is -4.20. The number of phenols is 1. The number of hydrogen-bond donors (Lipinski definition) is 2. The molecule has 0 saturated heterocycles. The van der Waals surface area contributed by atoms with Gasteiger partial charge in [0.25, 0.3) is 0 Å². The predicted octanol–water partition coefficient (Wildman–Crippen LogP) is 5.15. The van der Waals surface area contributed by atoms with Gasteiger partial charge in [-0.05, 0) is 48.7 Å². The number of carbonyl (C=O) groups is 2. The van der Waals surface area contributed by atoms with Crippen LogP contribution in [0.3, 0.4) is 0 Å². The molecular formula is C30H32N2O6. The average Bonchev–Trinajstić information content (AvgIpc) is 3.45. The maximum absolute atomic E-state index is 14.2. The number of carbonyl (C=O) groups excluding carboxylic acids is 2. The standard InChI is InChI=1S/C30H32N2O6/c1-4-5-6-13-32-23-12-7-9-19(14-27(34)31-20-10-8-11-21(15-20)36-3)28(23)30(2,29(32)35)22-16-25-26(17-24(22)33)38-18-37-25/h7-12,15-17,33H,4-6,13-14,18H2,1-3H3,(H,31,34). The zero-order chi connectivity index (χ0) is 26.9. The Morgan fingerprint density at radius 1 is 1.11 bits per heavy atom. The van der Waals surface area contributed by atoms with E-state index in [0.29, 0.717) is 40.6 Å². The first-order valence-electron chi connectivity index (χ1n) is 12.9. The molecule has 5 rings (SSSR count). The lowest BCUT2D eigenvalue weighted by atomic mass is 9.74. The van der Waals surface area contributed by atoms with Crippen LogP contribution in [0.4, 0.5) is 11.4 Å². The minimum absolute atomic E-state index is 0.0529. The lowest BCUT2D eigenvalue weighted by Crippen LogP contribution is -2.40. The van der Waals surface area contributed by atoms with Gasteiger partial charge in [0.05, 0.1) is 13.5 Å². The largest absolute Gasteiger partial charge is 0.507 e. The average molecular weight is 517 g/mol. The number of benzene rings is 3. The summed E-state index contributed by atoms with van der Waals surface area (Å²) in [7, 11) is 1.57. The second-order valence-electron chi connectivity index (χ2n) is 9.78. The number of methoxy groups -OCH3 is 1. The zero-order valence-corrected chi connectivity index (χ0v) is 21.9. The Morgan fingerprint density at radius 3 is 2.63 bits per heavy atom. The monoisotopic (exact) mass is 516 g/mol. The summed E-state index contributed by atoms with van der Waals surface area (Å²) in [5.74, 6) is 1.14. The van der Waals surface area contributed by atoms with Crippen LogP contribution < -0.4 is 24.4 Å². The highest BCUT2D eigenvalue weighted by Gasteiger charge is 2.51. The SMILES string of the molecule is CCCCCN1C(=O)C(C)(c2cc3c(cc2O)OCO3)c2c(CC(=O)Nc3cccc(OC)c3)cccc21. The molecule has 2 heterocycles. The number of rotatable bonds is 9. The number of anilines is 2. The highest BCUT2D eigenvalue weighted by molar-refractivity contribution is 6.11. The van der Waals surface area contributed by atoms with E-state index in [1.165, 1.54) is 6.07 Å². The van der Waals surface area contributed by atoms with Gasteiger partial charge in [-0.15, -0.1) is 0 Å². The summed E-state index contributed by atoms with van der Waals surface area (Å²) in [6.45, 7) is 4.54. The second-order valence-corrected chi connectivity index (χ2v) is 9.78. The van der Waals surface area contributed by atoms with Crippen molar-refractivity contribution in [1.29, 1.82) is 0 Å². The van der Waals surface area contributed by atoms with Gasteiger partial charge in [0.2, 0.25) is 18.6 Å². The first-order chi connectivity index (χ1) is 18.4. The number of phenolic OH excluding ortho intramolecular Hbond substituents is 1. The van der Waals surface area contributed by atoms with Crippen LogP contribution in [-0.4, -0.2) is 37.4 Å². The topological polar surface area (TPSA) is 97.3 Å². The third-order valence-electron chi connectivity index (χ3n) is 7.31. The van der Waals surface area contributed by atoms with Crippen LogP contribution in [-0.2, 0) is 21.4 Å². The number of aromatic hydroxyl groups is 1. The van der Waals surface area contributed by atoms with E-state index in [1.807, 2.05) is 31.2 Å². The van der Waals surface area contributed by atoms with Crippen molar-refractivity contribution in [3.63, 3.8) is 0 Å². The van der Waals surface area contributed by atoms with Crippen molar-refractivity contribution >= 4 is 23.2 Å². The molecule has 2 N–H and O–H groups in total. The van der Waals surface area contributed by atoms with Crippen molar-refractivity contribution in [2.45, 2.75) is 44.9 Å². The van der Waals surface area contributed by atoms with E-state index < -0.39 is 5.41 Å². The fourth-order valence-electron chi connectivity index (χ4n) is 5.42. The third kappa shape index (κ3) is 4.40. The summed E-state index contributed by atoms with van der Waals surface area (Å²) < 4.78 is 16.3. The molecule has 2 aliphatic heterocycles. The summed E-state index contributed by atoms with van der Waals surface area (Å²) >= 11 is 0. The van der Waals surface area contributed by atoms with Crippen LogP contribution in [0.5, 0.6) is 23.0 Å². The van der Waals surface area contributed by atoms with Gasteiger partial charge in [0, 0.05) is 35.6 Å². The molecular weight excluding hydrogens is 484 g/mol. The fraction of sp³-hybridized carbons (Fsp3) is 0.333. The lowest BCUT2D eigenvalue weighted by molar-refractivity contribution is -0.121. The third-order valence-corrected chi connectivity index (χ3v) is 7.31. The van der Waals surface area contributed by atoms with E-state index in [1.54, 1.807) is 36.3 Å². The zero-order valence-electron chi connectivity index (χ0n) is 21.9. The maximum Gasteiger partial charge on any atom is 0.242 e. The van der Waals surface area contributed by atoms with E-state index in [4.69, 9.17) is 14.2 Å². The summed E-state index contributed by atoms with van der Waals surface area (Å²) in [5, 5.41) is 14.0. The molecule has 8 heteroatoms. The molecule has 0 spiro atoms. The number of fused-ring (bicyclic) bond motifs is 2. The van der Waals surface area contributed by atoms with Gasteiger partial charge < -0.3 is 29.5 Å². The van der Waals surface area contributed by atoms with Crippen LogP contribution >= 0.6 is 0 Å². The molecule has 198 valence electrons. The Kier molecular flexibility index (Phi) is 6.89. The van der Waals surface area contributed by atoms with Crippen molar-refractivity contribution in [1.82, 2.24) is 0 Å². The minimum Gasteiger partial charge on any atom is -0.507 e. The number of unbranched alkanes of at least 4 members (excludes halogenated alkanes) is 2. The number of amides is 2. The lowest BCUT2D eigenvalue weighted by Gasteiger charge is -2.27. The van der Waals surface area contributed by atoms with E-state index in [2.05, 4.69) is 12.2 Å². The molecule has 0 bridgehead atoms. The Balaban J connectivity index is 1.56. The molecule has 2 amide bonds. The first-order valence-corrected chi connectivity index (χ1v) is 12.9. The van der Waals surface area contributed by atoms with E-state index in [0.717, 1.165) is 30.5 Å². The van der Waals surface area contributed by atoms with Crippen LogP contribution in [0, 0.1) is 0 Å². The van der Waals surface area contributed by atoms with Crippen molar-refractivity contribution in [2.75, 3.05) is 30.7 Å². The molecule has 2 aliphatic rings. The first kappa shape index (κ1) is 25.4. The molecule has 38 heavy (non-hydrogen) atoms. The van der Waals surface area contributed by atoms with Gasteiger partial charge in [-0.3, -0.25) is 9.59 Å². The van der Waals surface area contributed by atoms with E-state index >= 15 is 0 Å². The summed E-state index contributed by atoms with van der Waals surface area (Å²) in [6.07, 6.45) is 2.93. The van der Waals surface area contributed by atoms with Crippen LogP contribution in [0.1, 0.15) is 49.8 Å². The Bertz CT molecular complexity index is 1390. The van der Waals surface area contributed by atoms with Crippen molar-refractivity contribution in [3.05, 3.63) is 71.3 Å². The maximum atomic E-state index is 14.2. The van der Waals surface area contributed by atoms with Gasteiger partial charge in [-0.1, -0.05) is 38.0 Å². The number of nitrogens with one attached hydrogen (secondary N) is 1. The van der Waals surface area contributed by atoms with Gasteiger partial charge in [-0.25, -0.2) is 0 Å². The quantitative estimate of drug-likeness (QED) is 0.382. The molecule has 0 fully saturated rings. The van der Waals surface area contributed by atoms with Gasteiger partial charge in [-0.2, -0.15) is 0 Å². The highest BCUT2D eigenvalue weighted by atomic mass is 16.7. The van der Waals surface area contributed by atoms with E-state index in [-0.39, 0.29) is 30.8 Å². The van der Waals surface area contributed by atoms with Crippen LogP contribution in [0.25, 0.3) is 0 Å². The fourth-order valence-corrected chi connectivity index (χ4v) is 5.42. The van der Waals surface area contributed by atoms with Crippen LogP contribution in [0.15, 0.2) is 54.6 Å². The Morgan fingerprint density at radius 2 is 1.87 bits per heavy atom. The smallest absolute Gasteiger partial charge is 0.242 e. The Labute approximate surface area is 222 Å². The number of hydrogen-bond acceptors (Lipinski definition) is 6. The molecule has 0 aliphatic carbocycles. The normalized spacial score (nSPS) is 17.4. The number of nitrogens with zero attached hydrogens (tertiary/aromatic N) is 1. The highest BCUT2D eigenvalue weighted by Crippen LogP contribution is 2.52. The van der Waals surface area contributed by atoms with Crippen LogP contribution in [0.2, 0.25) is 0 Å². The molecule has 1 unspecified atom stereocenters. The van der Waals surface area contributed by atoms with Gasteiger partial charge in [0.15, 0.2) is 11.5 Å². The molecule has 8 nitrogen and oxygen atoms in total. The summed E-state index contributed by atoms with van der Waals surface area (Å²) in [5.41, 5.74) is 2.02. The van der Waals surface area contributed by atoms with Crippen molar-refractivity contribution in [2.24, 2.45) is 0 Å². The molecule has 0 aromatic heterocycles. The van der Waals surface area contributed by atoms with Gasteiger partial charge in [0.1, 0.15) is 16.9 Å². The van der Waals surface area contributed by atoms with Crippen molar-refractivity contribution < 1.29 is 28.9 Å². The molecule has 0 saturated carbocycles. The summed E-state index contributed by atoms with van der Waals surface area (Å²) in [4.78, 5) is 29.1. The molecule has 1 atom stereocenters. The summed E-state index contributed by atoms with van der Waals surface area (Å²) in [6, 6.07) is 16.0.